The molecule has 4 heteroatoms. The second-order valence-electron chi connectivity index (χ2n) is 5.26. The van der Waals surface area contributed by atoms with Crippen LogP contribution in [0.2, 0.25) is 0 Å². The Kier molecular flexibility index (Phi) is 2.79. The van der Waals surface area contributed by atoms with Gasteiger partial charge in [0.15, 0.2) is 0 Å². The van der Waals surface area contributed by atoms with Gasteiger partial charge in [-0.1, -0.05) is 0 Å². The van der Waals surface area contributed by atoms with Crippen molar-refractivity contribution >= 4 is 0 Å². The fourth-order valence-electron chi connectivity index (χ4n) is 3.06. The van der Waals surface area contributed by atoms with Gasteiger partial charge < -0.3 is 15.2 Å². The van der Waals surface area contributed by atoms with E-state index in [1.165, 1.54) is 12.1 Å². The lowest BCUT2D eigenvalue weighted by atomic mass is 9.71. The van der Waals surface area contributed by atoms with Gasteiger partial charge in [0.25, 0.3) is 0 Å². The van der Waals surface area contributed by atoms with Gasteiger partial charge in [0.2, 0.25) is 0 Å². The van der Waals surface area contributed by atoms with Crippen molar-refractivity contribution in [3.8, 4) is 5.75 Å². The van der Waals surface area contributed by atoms with Gasteiger partial charge in [0.1, 0.15) is 17.2 Å². The van der Waals surface area contributed by atoms with Gasteiger partial charge in [-0.05, 0) is 25.1 Å². The second kappa shape index (κ2) is 4.21. The van der Waals surface area contributed by atoms with Crippen molar-refractivity contribution in [1.29, 1.82) is 0 Å². The van der Waals surface area contributed by atoms with Crippen molar-refractivity contribution in [2.75, 3.05) is 6.61 Å². The van der Waals surface area contributed by atoms with Gasteiger partial charge in [0.05, 0.1) is 6.10 Å². The molecule has 1 aromatic rings. The average Bonchev–Trinajstić information content (AvgIpc) is 2.29. The first-order valence-corrected chi connectivity index (χ1v) is 6.47. The van der Waals surface area contributed by atoms with Crippen LogP contribution in [0, 0.1) is 5.82 Å². The molecule has 0 saturated heterocycles. The Labute approximate surface area is 106 Å². The van der Waals surface area contributed by atoms with Crippen LogP contribution in [0.5, 0.6) is 5.75 Å². The predicted molar refractivity (Wildman–Crippen MR) is 66.0 cm³/mol. The van der Waals surface area contributed by atoms with Crippen molar-refractivity contribution in [3.05, 3.63) is 29.6 Å². The third-order valence-corrected chi connectivity index (χ3v) is 3.89. The first kappa shape index (κ1) is 11.9. The van der Waals surface area contributed by atoms with Crippen molar-refractivity contribution in [2.45, 2.75) is 43.9 Å². The summed E-state index contributed by atoms with van der Waals surface area (Å²) in [5.41, 5.74) is 6.72. The molecule has 0 aromatic heterocycles. The molecule has 0 amide bonds. The zero-order valence-corrected chi connectivity index (χ0v) is 10.5. The van der Waals surface area contributed by atoms with Gasteiger partial charge >= 0.3 is 0 Å². The third kappa shape index (κ3) is 1.89. The van der Waals surface area contributed by atoms with Gasteiger partial charge in [0, 0.05) is 37.5 Å². The van der Waals surface area contributed by atoms with Crippen LogP contribution in [0.25, 0.3) is 0 Å². The van der Waals surface area contributed by atoms with Gasteiger partial charge in [-0.3, -0.25) is 0 Å². The first-order valence-electron chi connectivity index (χ1n) is 6.47. The van der Waals surface area contributed by atoms with E-state index in [9.17, 15) is 4.39 Å². The third-order valence-electron chi connectivity index (χ3n) is 3.89. The van der Waals surface area contributed by atoms with Crippen LogP contribution >= 0.6 is 0 Å². The van der Waals surface area contributed by atoms with Crippen molar-refractivity contribution < 1.29 is 13.9 Å². The minimum Gasteiger partial charge on any atom is -0.487 e. The van der Waals surface area contributed by atoms with Crippen LogP contribution < -0.4 is 10.5 Å². The highest BCUT2D eigenvalue weighted by molar-refractivity contribution is 5.39. The maximum absolute atomic E-state index is 13.2. The monoisotopic (exact) mass is 251 g/mol. The molecule has 1 heterocycles. The second-order valence-corrected chi connectivity index (χ2v) is 5.26. The molecule has 2 N–H and O–H groups in total. The maximum atomic E-state index is 13.2. The number of nitrogens with two attached hydrogens (primary N) is 1. The van der Waals surface area contributed by atoms with Crippen LogP contribution in [0.1, 0.15) is 37.8 Å². The molecule has 0 bridgehead atoms. The van der Waals surface area contributed by atoms with Gasteiger partial charge in [-0.2, -0.15) is 0 Å². The molecule has 2 aliphatic rings. The Hall–Kier alpha value is -1.13. The molecule has 3 nitrogen and oxygen atoms in total. The van der Waals surface area contributed by atoms with Crippen molar-refractivity contribution in [2.24, 2.45) is 5.73 Å². The Morgan fingerprint density at radius 3 is 2.94 bits per heavy atom. The zero-order valence-electron chi connectivity index (χ0n) is 10.5. The lowest BCUT2D eigenvalue weighted by Crippen LogP contribution is -2.55. The van der Waals surface area contributed by atoms with E-state index in [4.69, 9.17) is 15.2 Å². The van der Waals surface area contributed by atoms with Crippen LogP contribution in [-0.4, -0.2) is 18.3 Å². The molecule has 0 unspecified atom stereocenters. The predicted octanol–water partition coefficient (Wildman–Crippen LogP) is 2.55. The molecule has 1 saturated carbocycles. The number of hydrogen-bond acceptors (Lipinski definition) is 3. The summed E-state index contributed by atoms with van der Waals surface area (Å²) in [4.78, 5) is 0. The molecule has 1 aliphatic heterocycles. The number of rotatable bonds is 2. The number of benzene rings is 1. The van der Waals surface area contributed by atoms with Gasteiger partial charge in [-0.15, -0.1) is 0 Å². The molecular formula is C14H18FNO2. The van der Waals surface area contributed by atoms with E-state index < -0.39 is 0 Å². The molecule has 1 fully saturated rings. The molecule has 3 rings (SSSR count). The fourth-order valence-corrected chi connectivity index (χ4v) is 3.06. The summed E-state index contributed by atoms with van der Waals surface area (Å²) < 4.78 is 24.8. The van der Waals surface area contributed by atoms with Crippen LogP contribution in [0.4, 0.5) is 4.39 Å². The molecule has 1 aromatic carbocycles. The summed E-state index contributed by atoms with van der Waals surface area (Å²) >= 11 is 0. The molecule has 1 aliphatic carbocycles. The summed E-state index contributed by atoms with van der Waals surface area (Å²) in [6.07, 6.45) is 2.79. The molecule has 18 heavy (non-hydrogen) atoms. The van der Waals surface area contributed by atoms with Crippen LogP contribution in [0.15, 0.2) is 18.2 Å². The number of halogens is 1. The van der Waals surface area contributed by atoms with E-state index >= 15 is 0 Å². The summed E-state index contributed by atoms with van der Waals surface area (Å²) in [5.74, 6) is 0.467. The van der Waals surface area contributed by atoms with E-state index in [1.807, 2.05) is 6.92 Å². The molecule has 1 atom stereocenters. The summed E-state index contributed by atoms with van der Waals surface area (Å²) in [6, 6.07) is 4.43. The van der Waals surface area contributed by atoms with E-state index in [0.29, 0.717) is 0 Å². The van der Waals surface area contributed by atoms with E-state index in [-0.39, 0.29) is 23.6 Å². The highest BCUT2D eigenvalue weighted by Gasteiger charge is 2.50. The summed E-state index contributed by atoms with van der Waals surface area (Å²) in [7, 11) is 0. The summed E-state index contributed by atoms with van der Waals surface area (Å²) in [5, 5.41) is 0. The highest BCUT2D eigenvalue weighted by Crippen LogP contribution is 2.49. The van der Waals surface area contributed by atoms with E-state index in [0.717, 1.165) is 37.2 Å². The lowest BCUT2D eigenvalue weighted by molar-refractivity contribution is -0.134. The molecule has 1 spiro atoms. The van der Waals surface area contributed by atoms with E-state index in [2.05, 4.69) is 0 Å². The SMILES string of the molecule is CCOC1CC2(C1)C[C@H](N)c1cc(F)ccc1O2. The molecular weight excluding hydrogens is 233 g/mol. The normalized spacial score (nSPS) is 33.7. The standard InChI is InChI=1S/C14H18FNO2/c1-2-17-10-6-14(7-10)8-12(16)11-5-9(15)3-4-13(11)18-14/h3-5,10,12H,2,6-8,16H2,1H3/t10?,12-,14?/m0/s1. The highest BCUT2D eigenvalue weighted by atomic mass is 19.1. The minimum absolute atomic E-state index is 0.146. The molecule has 0 radical (unpaired) electrons. The fraction of sp³-hybridized carbons (Fsp3) is 0.571. The van der Waals surface area contributed by atoms with E-state index in [1.54, 1.807) is 6.07 Å². The Morgan fingerprint density at radius 1 is 1.44 bits per heavy atom. The topological polar surface area (TPSA) is 44.5 Å². The number of fused-ring (bicyclic) bond motifs is 1. The molecule has 98 valence electrons. The largest absolute Gasteiger partial charge is 0.487 e. The van der Waals surface area contributed by atoms with Crippen molar-refractivity contribution in [3.63, 3.8) is 0 Å². The minimum atomic E-state index is -0.260. The number of ether oxygens (including phenoxy) is 2. The first-order chi connectivity index (χ1) is 8.62. The van der Waals surface area contributed by atoms with Crippen LogP contribution in [-0.2, 0) is 4.74 Å². The Balaban J connectivity index is 1.79. The zero-order chi connectivity index (χ0) is 12.8. The quantitative estimate of drug-likeness (QED) is 0.878. The Bertz CT molecular complexity index is 457. The van der Waals surface area contributed by atoms with Crippen LogP contribution in [0.3, 0.4) is 0 Å². The lowest BCUT2D eigenvalue weighted by Gasteiger charge is -2.50. The smallest absolute Gasteiger partial charge is 0.125 e. The van der Waals surface area contributed by atoms with Gasteiger partial charge in [-0.25, -0.2) is 4.39 Å². The summed E-state index contributed by atoms with van der Waals surface area (Å²) in [6.45, 7) is 2.73. The number of hydrogen-bond donors (Lipinski definition) is 1. The van der Waals surface area contributed by atoms with Crippen molar-refractivity contribution in [1.82, 2.24) is 0 Å². The maximum Gasteiger partial charge on any atom is 0.125 e. The Morgan fingerprint density at radius 2 is 2.22 bits per heavy atom. The average molecular weight is 251 g/mol.